The van der Waals surface area contributed by atoms with Crippen LogP contribution in [0, 0.1) is 0 Å². The summed E-state index contributed by atoms with van der Waals surface area (Å²) in [5.41, 5.74) is 13.4. The number of aromatic hydroxyl groups is 1. The minimum Gasteiger partial charge on any atom is -0.508 e. The Morgan fingerprint density at radius 2 is 1.73 bits per heavy atom. The molecule has 1 saturated heterocycles. The second kappa shape index (κ2) is 12.7. The highest BCUT2D eigenvalue weighted by Crippen LogP contribution is 2.37. The number of rotatable bonds is 9. The van der Waals surface area contributed by atoms with Crippen LogP contribution >= 0.6 is 11.5 Å². The highest BCUT2D eigenvalue weighted by atomic mass is 32.1. The molecule has 2 atom stereocenters. The number of aromatic nitrogens is 1. The monoisotopic (exact) mass is 577 g/mol. The molecule has 6 N–H and O–H groups in total. The van der Waals surface area contributed by atoms with Crippen molar-refractivity contribution < 1.29 is 24.2 Å². The van der Waals surface area contributed by atoms with Crippen LogP contribution < -0.4 is 21.7 Å². The summed E-state index contributed by atoms with van der Waals surface area (Å²) in [7, 11) is 0. The van der Waals surface area contributed by atoms with E-state index in [1.54, 1.807) is 12.1 Å². The number of nitrogens with one attached hydrogen (secondary N) is 1. The highest BCUT2D eigenvalue weighted by molar-refractivity contribution is 7.09. The van der Waals surface area contributed by atoms with Gasteiger partial charge in [0.25, 0.3) is 11.8 Å². The number of nitrogens with zero attached hydrogens (tertiary/aromatic N) is 2. The van der Waals surface area contributed by atoms with Crippen LogP contribution in [0.15, 0.2) is 48.5 Å². The molecule has 3 aromatic rings. The van der Waals surface area contributed by atoms with Crippen molar-refractivity contribution in [2.24, 2.45) is 5.73 Å². The number of carbonyl (C=O) groups is 3. The molecule has 2 fully saturated rings. The third-order valence-corrected chi connectivity index (χ3v) is 8.72. The van der Waals surface area contributed by atoms with Crippen LogP contribution in [0.2, 0.25) is 0 Å². The van der Waals surface area contributed by atoms with E-state index in [1.165, 1.54) is 41.9 Å². The third-order valence-electron chi connectivity index (χ3n) is 7.87. The summed E-state index contributed by atoms with van der Waals surface area (Å²) >= 11 is 0.763. The Kier molecular flexibility index (Phi) is 8.84. The van der Waals surface area contributed by atoms with Crippen LogP contribution in [0.1, 0.15) is 88.2 Å². The number of hydrogen-bond acceptors (Lipinski definition) is 8. The van der Waals surface area contributed by atoms with Crippen LogP contribution in [-0.4, -0.2) is 46.5 Å². The molecule has 2 heterocycles. The molecule has 1 aliphatic carbocycles. The Labute approximate surface area is 242 Å². The van der Waals surface area contributed by atoms with Gasteiger partial charge in [0.1, 0.15) is 16.7 Å². The van der Waals surface area contributed by atoms with Crippen LogP contribution in [0.3, 0.4) is 0 Å². The van der Waals surface area contributed by atoms with Crippen molar-refractivity contribution in [1.82, 2.24) is 9.69 Å². The van der Waals surface area contributed by atoms with Crippen LogP contribution in [0.25, 0.3) is 0 Å². The van der Waals surface area contributed by atoms with Gasteiger partial charge in [0.15, 0.2) is 5.69 Å². The molecule has 0 unspecified atom stereocenters. The summed E-state index contributed by atoms with van der Waals surface area (Å²) in [4.78, 5) is 41.4. The number of hydrogen-bond donors (Lipinski definition) is 4. The number of nitrogen functional groups attached to an aromatic ring is 1. The third kappa shape index (κ3) is 6.36. The Balaban J connectivity index is 1.56. The number of phenols is 1. The molecular weight excluding hydrogens is 542 g/mol. The maximum absolute atomic E-state index is 14.2. The molecule has 41 heavy (non-hydrogen) atoms. The standard InChI is InChI=1S/C30H35N5O5S/c31-24-25(28(32)37)34-41-27(24)30(39)35(21-12-8-19(9-13-21)18-5-2-1-3-6-18)26(20-10-14-22(36)15-11-20)29(38)33-17-23-7-4-16-40-23/h8-15,18,23,26,36H,1-7,16-17,31H2,(H2,32,37)(H,33,38)/t23-,26+/m1/s1. The van der Waals surface area contributed by atoms with Crippen LogP contribution in [0.4, 0.5) is 11.4 Å². The summed E-state index contributed by atoms with van der Waals surface area (Å²) in [6.07, 6.45) is 7.53. The maximum Gasteiger partial charge on any atom is 0.273 e. The number of amides is 3. The number of carbonyl (C=O) groups excluding carboxylic acids is 3. The van der Waals surface area contributed by atoms with Crippen molar-refractivity contribution in [2.45, 2.75) is 63.0 Å². The molecule has 216 valence electrons. The zero-order valence-corrected chi connectivity index (χ0v) is 23.6. The average Bonchev–Trinajstić information content (AvgIpc) is 3.65. The lowest BCUT2D eigenvalue weighted by Crippen LogP contribution is -2.45. The number of primary amides is 1. The average molecular weight is 578 g/mol. The molecule has 1 aliphatic heterocycles. The van der Waals surface area contributed by atoms with E-state index < -0.39 is 23.8 Å². The van der Waals surface area contributed by atoms with Crippen molar-refractivity contribution >= 4 is 40.6 Å². The number of phenolic OH excluding ortho intramolecular Hbond substituents is 1. The molecule has 0 radical (unpaired) electrons. The van der Waals surface area contributed by atoms with Gasteiger partial charge >= 0.3 is 0 Å². The lowest BCUT2D eigenvalue weighted by molar-refractivity contribution is -0.123. The fourth-order valence-electron chi connectivity index (χ4n) is 5.66. The fraction of sp³-hybridized carbons (Fsp3) is 0.400. The van der Waals surface area contributed by atoms with Gasteiger partial charge < -0.3 is 26.6 Å². The molecule has 5 rings (SSSR count). The first-order valence-electron chi connectivity index (χ1n) is 14.0. The topological polar surface area (TPSA) is 161 Å². The minimum atomic E-state index is -1.12. The van der Waals surface area contributed by atoms with E-state index in [9.17, 15) is 19.5 Å². The number of ether oxygens (including phenoxy) is 1. The fourth-order valence-corrected chi connectivity index (χ4v) is 6.40. The summed E-state index contributed by atoms with van der Waals surface area (Å²) < 4.78 is 9.69. The SMILES string of the molecule is NC(=O)c1nsc(C(=O)N(c2ccc(C3CCCCC3)cc2)[C@H](C(=O)NC[C@H]2CCCO2)c2ccc(O)cc2)c1N. The predicted molar refractivity (Wildman–Crippen MR) is 157 cm³/mol. The van der Waals surface area contributed by atoms with Crippen molar-refractivity contribution in [1.29, 1.82) is 0 Å². The first kappa shape index (κ1) is 28.6. The highest BCUT2D eigenvalue weighted by Gasteiger charge is 2.36. The van der Waals surface area contributed by atoms with E-state index in [0.717, 1.165) is 37.2 Å². The van der Waals surface area contributed by atoms with Crippen molar-refractivity contribution in [3.05, 3.63) is 70.2 Å². The van der Waals surface area contributed by atoms with Gasteiger partial charge in [-0.05, 0) is 78.5 Å². The first-order chi connectivity index (χ1) is 19.8. The smallest absolute Gasteiger partial charge is 0.273 e. The van der Waals surface area contributed by atoms with Gasteiger partial charge in [-0.3, -0.25) is 19.3 Å². The lowest BCUT2D eigenvalue weighted by atomic mass is 9.84. The van der Waals surface area contributed by atoms with Gasteiger partial charge in [-0.25, -0.2) is 0 Å². The largest absolute Gasteiger partial charge is 0.508 e. The predicted octanol–water partition coefficient (Wildman–Crippen LogP) is 4.26. The van der Waals surface area contributed by atoms with Crippen molar-refractivity contribution in [3.63, 3.8) is 0 Å². The van der Waals surface area contributed by atoms with E-state index >= 15 is 0 Å². The molecule has 2 aromatic carbocycles. The van der Waals surface area contributed by atoms with Crippen LogP contribution in [-0.2, 0) is 9.53 Å². The van der Waals surface area contributed by atoms with Crippen molar-refractivity contribution in [2.75, 3.05) is 23.8 Å². The van der Waals surface area contributed by atoms with Gasteiger partial charge in [0.05, 0.1) is 11.8 Å². The molecule has 1 saturated carbocycles. The Bertz CT molecular complexity index is 1380. The zero-order valence-electron chi connectivity index (χ0n) is 22.8. The number of anilines is 2. The van der Waals surface area contributed by atoms with Gasteiger partial charge in [-0.15, -0.1) is 0 Å². The van der Waals surface area contributed by atoms with Crippen molar-refractivity contribution in [3.8, 4) is 5.75 Å². The molecule has 1 aromatic heterocycles. The molecule has 0 spiro atoms. The summed E-state index contributed by atoms with van der Waals surface area (Å²) in [5, 5.41) is 12.9. The van der Waals surface area contributed by atoms with Gasteiger partial charge in [-0.1, -0.05) is 43.5 Å². The molecule has 3 amide bonds. The molecule has 0 bridgehead atoms. The Morgan fingerprint density at radius 3 is 2.34 bits per heavy atom. The lowest BCUT2D eigenvalue weighted by Gasteiger charge is -2.32. The summed E-state index contributed by atoms with van der Waals surface area (Å²) in [6, 6.07) is 12.7. The Morgan fingerprint density at radius 1 is 1.02 bits per heavy atom. The Hall–Kier alpha value is -3.96. The van der Waals surface area contributed by atoms with Gasteiger partial charge in [0, 0.05) is 18.8 Å². The van der Waals surface area contributed by atoms with Crippen LogP contribution in [0.5, 0.6) is 5.75 Å². The van der Waals surface area contributed by atoms with Gasteiger partial charge in [0.2, 0.25) is 5.91 Å². The second-order valence-electron chi connectivity index (χ2n) is 10.6. The van der Waals surface area contributed by atoms with E-state index in [0.29, 0.717) is 30.3 Å². The minimum absolute atomic E-state index is 0.00543. The summed E-state index contributed by atoms with van der Waals surface area (Å²) in [6.45, 7) is 0.942. The van der Waals surface area contributed by atoms with E-state index in [2.05, 4.69) is 9.69 Å². The van der Waals surface area contributed by atoms with E-state index in [4.69, 9.17) is 16.2 Å². The summed E-state index contributed by atoms with van der Waals surface area (Å²) in [5.74, 6) is -1.37. The molecule has 10 nitrogen and oxygen atoms in total. The second-order valence-corrected chi connectivity index (χ2v) is 11.4. The first-order valence-corrected chi connectivity index (χ1v) is 14.8. The molecular formula is C30H35N5O5S. The maximum atomic E-state index is 14.2. The molecule has 2 aliphatic rings. The zero-order chi connectivity index (χ0) is 28.9. The number of nitrogens with two attached hydrogens (primary N) is 2. The van der Waals surface area contributed by atoms with E-state index in [1.807, 2.05) is 24.3 Å². The molecule has 11 heteroatoms. The van der Waals surface area contributed by atoms with E-state index in [-0.39, 0.29) is 28.1 Å². The quantitative estimate of drug-likeness (QED) is 0.295. The number of benzene rings is 2. The normalized spacial score (nSPS) is 18.1. The van der Waals surface area contributed by atoms with Gasteiger partial charge in [-0.2, -0.15) is 4.37 Å².